The molecular weight excluding hydrogens is 304 g/mol. The van der Waals surface area contributed by atoms with Crippen LogP contribution in [-0.4, -0.2) is 51.0 Å². The fourth-order valence-electron chi connectivity index (χ4n) is 2.96. The van der Waals surface area contributed by atoms with Gasteiger partial charge in [-0.2, -0.15) is 0 Å². The third-order valence-corrected chi connectivity index (χ3v) is 4.39. The minimum atomic E-state index is -0.482. The minimum Gasteiger partial charge on any atom is -0.376 e. The smallest absolute Gasteiger partial charge is 0.251 e. The number of piperidine rings is 1. The van der Waals surface area contributed by atoms with E-state index in [1.165, 1.54) is 0 Å². The van der Waals surface area contributed by atoms with Gasteiger partial charge >= 0.3 is 0 Å². The number of carbonyl (C=O) groups is 1. The van der Waals surface area contributed by atoms with Gasteiger partial charge in [-0.05, 0) is 25.0 Å². The number of nitrogens with zero attached hydrogens (tertiary/aromatic N) is 1. The van der Waals surface area contributed by atoms with E-state index in [0.29, 0.717) is 19.8 Å². The SMILES string of the molecule is O=C(N[C@@H]1CCCN(c2ccccc2Cl)C1)[C@@H]1COCCO1. The average Bonchev–Trinajstić information content (AvgIpc) is 2.56. The van der Waals surface area contributed by atoms with Crippen LogP contribution in [0.2, 0.25) is 5.02 Å². The highest BCUT2D eigenvalue weighted by Crippen LogP contribution is 2.27. The first-order valence-corrected chi connectivity index (χ1v) is 8.11. The molecular formula is C16H21ClN2O3. The van der Waals surface area contributed by atoms with Crippen molar-refractivity contribution in [3.63, 3.8) is 0 Å². The number of ether oxygens (including phenoxy) is 2. The number of anilines is 1. The summed E-state index contributed by atoms with van der Waals surface area (Å²) in [6.07, 6.45) is 1.52. The molecule has 2 saturated heterocycles. The van der Waals surface area contributed by atoms with Crippen LogP contribution < -0.4 is 10.2 Å². The van der Waals surface area contributed by atoms with Crippen LogP contribution in [-0.2, 0) is 14.3 Å². The molecule has 0 saturated carbocycles. The van der Waals surface area contributed by atoms with Crippen LogP contribution in [0.25, 0.3) is 0 Å². The first-order valence-electron chi connectivity index (χ1n) is 7.73. The van der Waals surface area contributed by atoms with Crippen molar-refractivity contribution in [2.45, 2.75) is 25.0 Å². The lowest BCUT2D eigenvalue weighted by atomic mass is 10.0. The van der Waals surface area contributed by atoms with Gasteiger partial charge in [-0.3, -0.25) is 4.79 Å². The van der Waals surface area contributed by atoms with E-state index in [2.05, 4.69) is 10.2 Å². The molecule has 2 aliphatic heterocycles. The first-order chi connectivity index (χ1) is 10.7. The summed E-state index contributed by atoms with van der Waals surface area (Å²) in [5.74, 6) is -0.0780. The Balaban J connectivity index is 1.58. The summed E-state index contributed by atoms with van der Waals surface area (Å²) in [7, 11) is 0. The zero-order chi connectivity index (χ0) is 15.4. The van der Waals surface area contributed by atoms with Gasteiger partial charge in [-0.1, -0.05) is 23.7 Å². The van der Waals surface area contributed by atoms with E-state index in [1.807, 2.05) is 24.3 Å². The molecule has 2 fully saturated rings. The summed E-state index contributed by atoms with van der Waals surface area (Å²) >= 11 is 6.27. The number of rotatable bonds is 3. The lowest BCUT2D eigenvalue weighted by Gasteiger charge is -2.36. The third-order valence-electron chi connectivity index (χ3n) is 4.07. The molecule has 0 bridgehead atoms. The molecule has 1 aromatic carbocycles. The van der Waals surface area contributed by atoms with E-state index in [1.54, 1.807) is 0 Å². The maximum absolute atomic E-state index is 12.2. The first kappa shape index (κ1) is 15.6. The third kappa shape index (κ3) is 3.72. The second-order valence-corrected chi connectivity index (χ2v) is 6.09. The number of halogens is 1. The van der Waals surface area contributed by atoms with E-state index >= 15 is 0 Å². The molecule has 5 nitrogen and oxygen atoms in total. The van der Waals surface area contributed by atoms with Crippen molar-refractivity contribution in [2.24, 2.45) is 0 Å². The maximum Gasteiger partial charge on any atom is 0.251 e. The molecule has 2 heterocycles. The minimum absolute atomic E-state index is 0.0780. The topological polar surface area (TPSA) is 50.8 Å². The summed E-state index contributed by atoms with van der Waals surface area (Å²) in [5, 5.41) is 3.83. The Morgan fingerprint density at radius 3 is 2.95 bits per heavy atom. The molecule has 2 aliphatic rings. The van der Waals surface area contributed by atoms with Gasteiger partial charge in [0.15, 0.2) is 6.10 Å². The maximum atomic E-state index is 12.2. The Kier molecular flexibility index (Phi) is 5.18. The monoisotopic (exact) mass is 324 g/mol. The van der Waals surface area contributed by atoms with E-state index in [-0.39, 0.29) is 11.9 Å². The van der Waals surface area contributed by atoms with Crippen LogP contribution in [0.15, 0.2) is 24.3 Å². The van der Waals surface area contributed by atoms with Crippen molar-refractivity contribution < 1.29 is 14.3 Å². The zero-order valence-corrected chi connectivity index (χ0v) is 13.2. The number of hydrogen-bond acceptors (Lipinski definition) is 4. The quantitative estimate of drug-likeness (QED) is 0.922. The largest absolute Gasteiger partial charge is 0.376 e. The van der Waals surface area contributed by atoms with Crippen LogP contribution in [0, 0.1) is 0 Å². The molecule has 22 heavy (non-hydrogen) atoms. The zero-order valence-electron chi connectivity index (χ0n) is 12.5. The van der Waals surface area contributed by atoms with Crippen molar-refractivity contribution in [3.05, 3.63) is 29.3 Å². The number of nitrogens with one attached hydrogen (secondary N) is 1. The van der Waals surface area contributed by atoms with Crippen LogP contribution in [0.1, 0.15) is 12.8 Å². The number of amides is 1. The van der Waals surface area contributed by atoms with Gasteiger partial charge in [-0.15, -0.1) is 0 Å². The lowest BCUT2D eigenvalue weighted by Crippen LogP contribution is -2.52. The summed E-state index contributed by atoms with van der Waals surface area (Å²) in [5.41, 5.74) is 1.03. The van der Waals surface area contributed by atoms with Gasteiger partial charge in [0.1, 0.15) is 0 Å². The molecule has 6 heteroatoms. The van der Waals surface area contributed by atoms with Crippen LogP contribution >= 0.6 is 11.6 Å². The molecule has 0 spiro atoms. The van der Waals surface area contributed by atoms with Crippen LogP contribution in [0.4, 0.5) is 5.69 Å². The Labute approximate surface area is 135 Å². The highest BCUT2D eigenvalue weighted by molar-refractivity contribution is 6.33. The highest BCUT2D eigenvalue weighted by Gasteiger charge is 2.27. The van der Waals surface area contributed by atoms with Crippen LogP contribution in [0.5, 0.6) is 0 Å². The standard InChI is InChI=1S/C16H21ClN2O3/c17-13-5-1-2-6-14(13)19-7-3-4-12(10-19)18-16(20)15-11-21-8-9-22-15/h1-2,5-6,12,15H,3-4,7-11H2,(H,18,20)/t12-,15+/m1/s1. The van der Waals surface area contributed by atoms with Gasteiger partial charge in [0, 0.05) is 19.1 Å². The van der Waals surface area contributed by atoms with Gasteiger partial charge in [0.2, 0.25) is 0 Å². The molecule has 0 unspecified atom stereocenters. The van der Waals surface area contributed by atoms with Crippen molar-refractivity contribution >= 4 is 23.2 Å². The predicted molar refractivity (Wildman–Crippen MR) is 85.4 cm³/mol. The number of benzene rings is 1. The molecule has 1 amide bonds. The average molecular weight is 325 g/mol. The summed E-state index contributed by atoms with van der Waals surface area (Å²) in [6.45, 7) is 3.11. The Morgan fingerprint density at radius 2 is 2.18 bits per heavy atom. The fraction of sp³-hybridized carbons (Fsp3) is 0.562. The molecule has 2 atom stereocenters. The van der Waals surface area contributed by atoms with Crippen molar-refractivity contribution in [3.8, 4) is 0 Å². The second kappa shape index (κ2) is 7.31. The van der Waals surface area contributed by atoms with E-state index < -0.39 is 6.10 Å². The molecule has 0 aliphatic carbocycles. The number of para-hydroxylation sites is 1. The molecule has 1 N–H and O–H groups in total. The van der Waals surface area contributed by atoms with Crippen molar-refractivity contribution in [1.82, 2.24) is 5.32 Å². The number of carbonyl (C=O) groups excluding carboxylic acids is 1. The van der Waals surface area contributed by atoms with Gasteiger partial charge in [0.25, 0.3) is 5.91 Å². The van der Waals surface area contributed by atoms with Crippen molar-refractivity contribution in [1.29, 1.82) is 0 Å². The van der Waals surface area contributed by atoms with E-state index in [4.69, 9.17) is 21.1 Å². The molecule has 3 rings (SSSR count). The summed E-state index contributed by atoms with van der Waals surface area (Å²) < 4.78 is 10.7. The van der Waals surface area contributed by atoms with Gasteiger partial charge < -0.3 is 19.7 Å². The normalized spacial score (nSPS) is 25.8. The number of hydrogen-bond donors (Lipinski definition) is 1. The van der Waals surface area contributed by atoms with E-state index in [0.717, 1.165) is 36.6 Å². The Morgan fingerprint density at radius 1 is 1.32 bits per heavy atom. The molecule has 0 radical (unpaired) electrons. The summed E-state index contributed by atoms with van der Waals surface area (Å²) in [4.78, 5) is 14.4. The molecule has 120 valence electrons. The van der Waals surface area contributed by atoms with Gasteiger partial charge in [-0.25, -0.2) is 0 Å². The van der Waals surface area contributed by atoms with Crippen molar-refractivity contribution in [2.75, 3.05) is 37.8 Å². The second-order valence-electron chi connectivity index (χ2n) is 5.68. The van der Waals surface area contributed by atoms with Gasteiger partial charge in [0.05, 0.1) is 30.5 Å². The van der Waals surface area contributed by atoms with Crippen LogP contribution in [0.3, 0.4) is 0 Å². The fourth-order valence-corrected chi connectivity index (χ4v) is 3.21. The molecule has 0 aromatic heterocycles. The lowest BCUT2D eigenvalue weighted by molar-refractivity contribution is -0.148. The van der Waals surface area contributed by atoms with E-state index in [9.17, 15) is 4.79 Å². The predicted octanol–water partition coefficient (Wildman–Crippen LogP) is 1.84. The molecule has 1 aromatic rings. The highest BCUT2D eigenvalue weighted by atomic mass is 35.5. The Hall–Kier alpha value is -1.30. The Bertz CT molecular complexity index is 520. The summed E-state index contributed by atoms with van der Waals surface area (Å²) in [6, 6.07) is 7.94.